The van der Waals surface area contributed by atoms with E-state index in [9.17, 15) is 0 Å². The predicted octanol–water partition coefficient (Wildman–Crippen LogP) is 4.60. The van der Waals surface area contributed by atoms with Crippen LogP contribution in [0.4, 0.5) is 5.82 Å². The maximum absolute atomic E-state index is 4.57. The molecule has 5 nitrogen and oxygen atoms in total. The first-order valence-corrected chi connectivity index (χ1v) is 10.7. The first-order valence-electron chi connectivity index (χ1n) is 9.86. The van der Waals surface area contributed by atoms with E-state index in [1.54, 1.807) is 17.7 Å². The Hall–Kier alpha value is -2.80. The van der Waals surface area contributed by atoms with Crippen molar-refractivity contribution in [1.82, 2.24) is 19.9 Å². The van der Waals surface area contributed by atoms with Gasteiger partial charge >= 0.3 is 0 Å². The fourth-order valence-corrected chi connectivity index (χ4v) is 4.63. The average molecular weight is 402 g/mol. The topological polar surface area (TPSA) is 44.3 Å². The second kappa shape index (κ2) is 7.91. The van der Waals surface area contributed by atoms with Gasteiger partial charge < -0.3 is 10.3 Å². The van der Waals surface area contributed by atoms with Gasteiger partial charge in [0.25, 0.3) is 0 Å². The van der Waals surface area contributed by atoms with Gasteiger partial charge in [-0.2, -0.15) is 0 Å². The van der Waals surface area contributed by atoms with Gasteiger partial charge in [0.1, 0.15) is 11.2 Å². The van der Waals surface area contributed by atoms with Crippen LogP contribution in [0.1, 0.15) is 0 Å². The number of aromatic nitrogens is 2. The predicted molar refractivity (Wildman–Crippen MR) is 121 cm³/mol. The van der Waals surface area contributed by atoms with Crippen molar-refractivity contribution < 1.29 is 0 Å². The third kappa shape index (κ3) is 3.74. The summed E-state index contributed by atoms with van der Waals surface area (Å²) in [5.74, 6) is 0.892. The van der Waals surface area contributed by atoms with Crippen molar-refractivity contribution in [3.05, 3.63) is 66.3 Å². The van der Waals surface area contributed by atoms with Crippen LogP contribution in [-0.2, 0) is 0 Å². The number of hydrogen-bond donors (Lipinski definition) is 1. The largest absolute Gasteiger partial charge is 0.304 e. The molecule has 146 valence electrons. The molecule has 1 N–H and O–H groups in total. The summed E-state index contributed by atoms with van der Waals surface area (Å²) in [4.78, 5) is 12.4. The lowest BCUT2D eigenvalue weighted by Gasteiger charge is -2.32. The SMILES string of the molecule is CN1CCN(Nc2ncnc3scc(-c4ccc(-c5ccccc5)cc4)c23)CC1. The molecule has 0 radical (unpaired) electrons. The molecule has 2 aromatic heterocycles. The zero-order valence-electron chi connectivity index (χ0n) is 16.4. The normalized spacial score (nSPS) is 15.6. The highest BCUT2D eigenvalue weighted by atomic mass is 32.1. The van der Waals surface area contributed by atoms with Crippen LogP contribution in [0, 0.1) is 0 Å². The zero-order chi connectivity index (χ0) is 19.6. The molecule has 5 rings (SSSR count). The summed E-state index contributed by atoms with van der Waals surface area (Å²) >= 11 is 1.67. The number of fused-ring (bicyclic) bond motifs is 1. The minimum Gasteiger partial charge on any atom is -0.304 e. The molecule has 4 aromatic rings. The molecular weight excluding hydrogens is 378 g/mol. The number of nitrogens with zero attached hydrogens (tertiary/aromatic N) is 4. The van der Waals surface area contributed by atoms with E-state index in [4.69, 9.17) is 0 Å². The second-order valence-corrected chi connectivity index (χ2v) is 8.26. The Morgan fingerprint density at radius 1 is 0.828 bits per heavy atom. The van der Waals surface area contributed by atoms with Crippen LogP contribution in [0.15, 0.2) is 66.3 Å². The Morgan fingerprint density at radius 3 is 2.28 bits per heavy atom. The van der Waals surface area contributed by atoms with E-state index < -0.39 is 0 Å². The van der Waals surface area contributed by atoms with Crippen LogP contribution in [-0.4, -0.2) is 53.1 Å². The average Bonchev–Trinajstić information content (AvgIpc) is 3.21. The van der Waals surface area contributed by atoms with E-state index in [1.165, 1.54) is 22.3 Å². The van der Waals surface area contributed by atoms with E-state index in [0.29, 0.717) is 0 Å². The van der Waals surface area contributed by atoms with E-state index in [-0.39, 0.29) is 0 Å². The molecule has 0 amide bonds. The maximum atomic E-state index is 4.57. The van der Waals surface area contributed by atoms with Crippen molar-refractivity contribution >= 4 is 27.4 Å². The fraction of sp³-hybridized carbons (Fsp3) is 0.217. The molecule has 3 heterocycles. The minimum absolute atomic E-state index is 0.892. The Bertz CT molecular complexity index is 1100. The molecule has 0 spiro atoms. The van der Waals surface area contributed by atoms with Crippen LogP contribution in [0.3, 0.4) is 0 Å². The van der Waals surface area contributed by atoms with E-state index >= 15 is 0 Å². The maximum Gasteiger partial charge on any atom is 0.153 e. The molecule has 1 fully saturated rings. The highest BCUT2D eigenvalue weighted by molar-refractivity contribution is 7.17. The zero-order valence-corrected chi connectivity index (χ0v) is 17.2. The number of nitrogens with one attached hydrogen (secondary N) is 1. The summed E-state index contributed by atoms with van der Waals surface area (Å²) in [7, 11) is 2.16. The lowest BCUT2D eigenvalue weighted by molar-refractivity contribution is 0.178. The summed E-state index contributed by atoms with van der Waals surface area (Å²) in [5.41, 5.74) is 8.36. The fourth-order valence-electron chi connectivity index (χ4n) is 3.71. The van der Waals surface area contributed by atoms with Gasteiger partial charge in [0, 0.05) is 37.1 Å². The van der Waals surface area contributed by atoms with Crippen LogP contribution < -0.4 is 5.43 Å². The molecular formula is C23H23N5S. The monoisotopic (exact) mass is 401 g/mol. The molecule has 0 atom stereocenters. The van der Waals surface area contributed by atoms with Gasteiger partial charge in [0.05, 0.1) is 5.39 Å². The summed E-state index contributed by atoms with van der Waals surface area (Å²) in [6.45, 7) is 4.07. The third-order valence-electron chi connectivity index (χ3n) is 5.44. The highest BCUT2D eigenvalue weighted by Crippen LogP contribution is 2.37. The van der Waals surface area contributed by atoms with Crippen LogP contribution in [0.5, 0.6) is 0 Å². The van der Waals surface area contributed by atoms with E-state index in [2.05, 4.69) is 86.3 Å². The van der Waals surface area contributed by atoms with E-state index in [0.717, 1.165) is 42.2 Å². The first-order chi connectivity index (χ1) is 14.3. The molecule has 6 heteroatoms. The van der Waals surface area contributed by atoms with Gasteiger partial charge in [-0.1, -0.05) is 54.6 Å². The smallest absolute Gasteiger partial charge is 0.153 e. The number of benzene rings is 2. The summed E-state index contributed by atoms with van der Waals surface area (Å²) in [5, 5.41) is 5.54. The summed E-state index contributed by atoms with van der Waals surface area (Å²) < 4.78 is 0. The Labute approximate surface area is 174 Å². The van der Waals surface area contributed by atoms with E-state index in [1.807, 2.05) is 6.07 Å². The lowest BCUT2D eigenvalue weighted by Crippen LogP contribution is -2.47. The van der Waals surface area contributed by atoms with Crippen molar-refractivity contribution in [2.45, 2.75) is 0 Å². The van der Waals surface area contributed by atoms with Crippen LogP contribution in [0.2, 0.25) is 0 Å². The summed E-state index contributed by atoms with van der Waals surface area (Å²) in [6.07, 6.45) is 1.65. The lowest BCUT2D eigenvalue weighted by atomic mass is 10.0. The second-order valence-electron chi connectivity index (χ2n) is 7.40. The van der Waals surface area contributed by atoms with Gasteiger partial charge in [-0.05, 0) is 23.7 Å². The number of piperazine rings is 1. The third-order valence-corrected chi connectivity index (χ3v) is 6.33. The van der Waals surface area contributed by atoms with Gasteiger partial charge in [0.2, 0.25) is 0 Å². The Morgan fingerprint density at radius 2 is 1.52 bits per heavy atom. The van der Waals surface area contributed by atoms with Crippen molar-refractivity contribution in [2.24, 2.45) is 0 Å². The number of hydrazine groups is 1. The molecule has 1 aliphatic rings. The molecule has 0 saturated carbocycles. The highest BCUT2D eigenvalue weighted by Gasteiger charge is 2.18. The number of likely N-dealkylation sites (N-methyl/N-ethyl adjacent to an activating group) is 1. The Kier molecular flexibility index (Phi) is 4.97. The molecule has 2 aromatic carbocycles. The number of thiophene rings is 1. The van der Waals surface area contributed by atoms with Crippen LogP contribution in [0.25, 0.3) is 32.5 Å². The van der Waals surface area contributed by atoms with Crippen LogP contribution >= 0.6 is 11.3 Å². The molecule has 1 aliphatic heterocycles. The molecule has 1 saturated heterocycles. The number of rotatable bonds is 4. The van der Waals surface area contributed by atoms with Crippen molar-refractivity contribution in [1.29, 1.82) is 0 Å². The number of hydrogen-bond acceptors (Lipinski definition) is 6. The van der Waals surface area contributed by atoms with Gasteiger partial charge in [-0.25, -0.2) is 15.0 Å². The van der Waals surface area contributed by atoms with Gasteiger partial charge in [-0.15, -0.1) is 11.3 Å². The minimum atomic E-state index is 0.892. The van der Waals surface area contributed by atoms with Gasteiger partial charge in [-0.3, -0.25) is 0 Å². The number of anilines is 1. The first kappa shape index (κ1) is 18.2. The molecule has 0 bridgehead atoms. The molecule has 0 unspecified atom stereocenters. The standard InChI is InChI=1S/C23H23N5S/c1-27-11-13-28(14-12-27)26-22-21-20(15-29-23(21)25-16-24-22)19-9-7-18(8-10-19)17-5-3-2-4-6-17/h2-10,15-16H,11-14H2,1H3,(H,24,25,26). The van der Waals surface area contributed by atoms with Crippen molar-refractivity contribution in [3.8, 4) is 22.3 Å². The Balaban J connectivity index is 1.47. The van der Waals surface area contributed by atoms with Crippen molar-refractivity contribution in [3.63, 3.8) is 0 Å². The van der Waals surface area contributed by atoms with Gasteiger partial charge in [0.15, 0.2) is 5.82 Å². The summed E-state index contributed by atoms with van der Waals surface area (Å²) in [6, 6.07) is 19.2. The molecule has 0 aliphatic carbocycles. The molecule has 29 heavy (non-hydrogen) atoms. The quantitative estimate of drug-likeness (QED) is 0.541. The van der Waals surface area contributed by atoms with Crippen molar-refractivity contribution in [2.75, 3.05) is 38.7 Å².